The average molecular weight is 745 g/mol. The number of rotatable bonds is 2. The number of aliphatic hydroxyl groups is 2. The molecule has 11 nitrogen and oxygen atoms in total. The van der Waals surface area contributed by atoms with E-state index in [9.17, 15) is 10.2 Å². The second kappa shape index (κ2) is 11.6. The normalized spacial score (nSPS) is 23.3. The summed E-state index contributed by atoms with van der Waals surface area (Å²) < 4.78 is 8.40. The van der Waals surface area contributed by atoms with Gasteiger partial charge in [0, 0.05) is 56.1 Å². The summed E-state index contributed by atoms with van der Waals surface area (Å²) in [5.41, 5.74) is 11.7. The van der Waals surface area contributed by atoms with Crippen LogP contribution in [0.25, 0.3) is 28.2 Å². The Morgan fingerprint density at radius 1 is 1.29 bits per heavy atom. The van der Waals surface area contributed by atoms with E-state index in [1.54, 1.807) is 10.8 Å². The van der Waals surface area contributed by atoms with E-state index in [0.717, 1.165) is 58.6 Å². The van der Waals surface area contributed by atoms with Crippen molar-refractivity contribution in [1.29, 1.82) is 0 Å². The Balaban J connectivity index is 0.00000336. The Morgan fingerprint density at radius 2 is 2.08 bits per heavy atom. The van der Waals surface area contributed by atoms with Crippen molar-refractivity contribution in [2.45, 2.75) is 45.8 Å². The number of aromatic nitrogens is 5. The van der Waals surface area contributed by atoms with E-state index in [-0.39, 0.29) is 62.3 Å². The van der Waals surface area contributed by atoms with Crippen LogP contribution in [0.15, 0.2) is 28.6 Å². The van der Waals surface area contributed by atoms with Gasteiger partial charge in [-0.2, -0.15) is 10.2 Å². The molecule has 0 amide bonds. The molecule has 0 saturated carbocycles. The summed E-state index contributed by atoms with van der Waals surface area (Å²) in [6, 6.07) is 2.10. The fourth-order valence-electron chi connectivity index (χ4n) is 5.44. The summed E-state index contributed by atoms with van der Waals surface area (Å²) in [6.07, 6.45) is 5.41. The number of H-pyrrole nitrogens is 1. The molecular weight excluding hydrogens is 710 g/mol. The van der Waals surface area contributed by atoms with E-state index in [2.05, 4.69) is 32.1 Å². The first kappa shape index (κ1) is 28.4. The van der Waals surface area contributed by atoms with Crippen molar-refractivity contribution in [3.05, 3.63) is 40.7 Å². The molecule has 0 spiro atoms. The van der Waals surface area contributed by atoms with Crippen LogP contribution in [0.4, 0.5) is 0 Å². The van der Waals surface area contributed by atoms with Crippen molar-refractivity contribution in [1.82, 2.24) is 29.9 Å². The maximum atomic E-state index is 10.4. The number of aromatic amines is 1. The first-order valence-corrected chi connectivity index (χ1v) is 12.6. The van der Waals surface area contributed by atoms with Gasteiger partial charge in [0.15, 0.2) is 5.88 Å². The van der Waals surface area contributed by atoms with Crippen molar-refractivity contribution in [2.24, 2.45) is 17.8 Å². The minimum Gasteiger partial charge on any atom is -0.494 e. The number of fused-ring (bicyclic) bond motifs is 4. The van der Waals surface area contributed by atoms with E-state index in [0.29, 0.717) is 23.7 Å². The number of nitrogens with two attached hydrogens (primary N) is 1. The van der Waals surface area contributed by atoms with Crippen molar-refractivity contribution < 1.29 is 46.1 Å². The van der Waals surface area contributed by atoms with Gasteiger partial charge in [-0.05, 0) is 58.4 Å². The number of hydrogen-bond donors (Lipinski definition) is 4. The Labute approximate surface area is 245 Å². The van der Waals surface area contributed by atoms with Gasteiger partial charge >= 0.3 is 0 Å². The third-order valence-corrected chi connectivity index (χ3v) is 7.18. The third-order valence-electron chi connectivity index (χ3n) is 7.18. The Kier molecular flexibility index (Phi) is 8.67. The molecule has 0 aromatic carbocycles. The number of aliphatic hydroxyl groups excluding tert-OH is 2. The molecule has 2 unspecified atom stereocenters. The summed E-state index contributed by atoms with van der Waals surface area (Å²) in [6.45, 7) is 7.40. The van der Waals surface area contributed by atoms with E-state index >= 15 is 0 Å². The van der Waals surface area contributed by atoms with Gasteiger partial charge in [0.1, 0.15) is 11.6 Å². The van der Waals surface area contributed by atoms with Crippen molar-refractivity contribution in [3.63, 3.8) is 0 Å². The van der Waals surface area contributed by atoms with Crippen LogP contribution in [0.3, 0.4) is 0 Å². The number of allylic oxidation sites excluding steroid dienone is 1. The molecule has 5 heterocycles. The molecule has 2 aliphatic rings. The van der Waals surface area contributed by atoms with Crippen LogP contribution < -0.4 is 10.5 Å². The quantitative estimate of drug-likeness (QED) is 0.293. The number of aryl methyl sites for hydroxylation is 3. The van der Waals surface area contributed by atoms with E-state index in [1.165, 1.54) is 0 Å². The van der Waals surface area contributed by atoms with E-state index in [1.807, 2.05) is 33.0 Å². The van der Waals surface area contributed by atoms with E-state index in [4.69, 9.17) is 15.5 Å². The topological polar surface area (TPSA) is 151 Å². The maximum absolute atomic E-state index is 10.4. The number of nitrogens with one attached hydrogen (secondary N) is 1. The van der Waals surface area contributed by atoms with Crippen molar-refractivity contribution in [2.75, 3.05) is 26.2 Å². The standard InChI is InChI=1S/C26H34N8O3.U/c1-14-23-20-12-18-19(30-31-24(18)15(2)29-20)8-7-17(25(27)36)21(28-9-11-35)13-34-10-5-6-22(34)16(3)37-26(23)33(4)32-14;/h7-8,12,16,22,35-36H,5-6,9-11,13,27H2,1-4H3,(H,30,31);/b8-7+,25-17+,28-21?;. The molecular formula is C26H34N8O3U. The zero-order valence-corrected chi connectivity index (χ0v) is 26.4. The molecule has 2 bridgehead atoms. The minimum atomic E-state index is -0.325. The summed E-state index contributed by atoms with van der Waals surface area (Å²) in [5, 5.41) is 33.0. The summed E-state index contributed by atoms with van der Waals surface area (Å²) in [5.74, 6) is 0.349. The summed E-state index contributed by atoms with van der Waals surface area (Å²) in [7, 11) is 1.89. The average Bonchev–Trinajstić information content (AvgIpc) is 3.54. The predicted molar refractivity (Wildman–Crippen MR) is 143 cm³/mol. The van der Waals surface area contributed by atoms with Gasteiger partial charge in [0.25, 0.3) is 0 Å². The minimum absolute atomic E-state index is 0. The van der Waals surface area contributed by atoms with Gasteiger partial charge in [-0.1, -0.05) is 0 Å². The molecule has 0 aliphatic carbocycles. The van der Waals surface area contributed by atoms with Crippen molar-refractivity contribution >= 4 is 22.7 Å². The number of hydrogen-bond acceptors (Lipinski definition) is 9. The van der Waals surface area contributed by atoms with Gasteiger partial charge in [0.2, 0.25) is 5.88 Å². The predicted octanol–water partition coefficient (Wildman–Crippen LogP) is 2.40. The first-order valence-electron chi connectivity index (χ1n) is 12.6. The fraction of sp³-hybridized carbons (Fsp3) is 0.462. The molecule has 200 valence electrons. The van der Waals surface area contributed by atoms with Crippen LogP contribution in [0, 0.1) is 45.0 Å². The second-order valence-electron chi connectivity index (χ2n) is 9.70. The zero-order valence-electron chi connectivity index (χ0n) is 22.2. The van der Waals surface area contributed by atoms with Gasteiger partial charge in [-0.3, -0.25) is 20.0 Å². The Hall–Kier alpha value is -2.65. The second-order valence-corrected chi connectivity index (χ2v) is 9.70. The van der Waals surface area contributed by atoms with Crippen molar-refractivity contribution in [3.8, 4) is 17.1 Å². The molecule has 12 heteroatoms. The molecule has 3 aromatic rings. The van der Waals surface area contributed by atoms with Crippen LogP contribution >= 0.6 is 0 Å². The van der Waals surface area contributed by atoms with Crippen LogP contribution in [0.1, 0.15) is 36.8 Å². The molecule has 3 aromatic heterocycles. The van der Waals surface area contributed by atoms with E-state index < -0.39 is 0 Å². The number of pyridine rings is 1. The molecule has 38 heavy (non-hydrogen) atoms. The molecule has 5 N–H and O–H groups in total. The van der Waals surface area contributed by atoms with Gasteiger partial charge < -0.3 is 20.7 Å². The Bertz CT molecular complexity index is 1420. The SMILES string of the molecule is Cc1nn(C)c2c1-c1cc3c([nH]nc3c(C)n1)/C=C/C(=C(/N)O)C(=NCCO)CN1CCCC1C(C)O2.[U]. The molecule has 5 rings (SSSR count). The maximum Gasteiger partial charge on any atom is 0.221 e. The third kappa shape index (κ3) is 5.27. The number of aliphatic imine (C=N–C) groups is 1. The summed E-state index contributed by atoms with van der Waals surface area (Å²) in [4.78, 5) is 11.8. The fourth-order valence-corrected chi connectivity index (χ4v) is 5.44. The molecule has 2 atom stereocenters. The monoisotopic (exact) mass is 744 g/mol. The zero-order chi connectivity index (χ0) is 26.3. The largest absolute Gasteiger partial charge is 0.494 e. The summed E-state index contributed by atoms with van der Waals surface area (Å²) >= 11 is 0. The Morgan fingerprint density at radius 3 is 2.82 bits per heavy atom. The van der Waals surface area contributed by atoms with Gasteiger partial charge in [-0.25, -0.2) is 4.68 Å². The molecule has 1 fully saturated rings. The molecule has 1 saturated heterocycles. The number of nitrogens with zero attached hydrogens (tertiary/aromatic N) is 6. The van der Waals surface area contributed by atoms with Crippen LogP contribution in [-0.2, 0) is 7.05 Å². The van der Waals surface area contributed by atoms with Gasteiger partial charge in [-0.15, -0.1) is 0 Å². The number of ether oxygens (including phenoxy) is 1. The van der Waals surface area contributed by atoms with Crippen LogP contribution in [-0.4, -0.2) is 84.2 Å². The molecule has 0 radical (unpaired) electrons. The van der Waals surface area contributed by atoms with Crippen LogP contribution in [0.5, 0.6) is 5.88 Å². The molecule has 2 aliphatic heterocycles. The first-order chi connectivity index (χ1) is 17.8. The smallest absolute Gasteiger partial charge is 0.221 e. The van der Waals surface area contributed by atoms with Crippen LogP contribution in [0.2, 0.25) is 0 Å². The van der Waals surface area contributed by atoms with Gasteiger partial charge in [0.05, 0.1) is 52.8 Å².